The molecule has 2 unspecified atom stereocenters. The van der Waals surface area contributed by atoms with Gasteiger partial charge in [-0.3, -0.25) is 0 Å². The fourth-order valence-corrected chi connectivity index (χ4v) is 3.25. The molecule has 2 aliphatic rings. The SMILES string of the molecule is O=C(NCC(c1ccccc1)C(F)(F)F)N1CCOC2(CCOC2)C1. The molecule has 2 aliphatic heterocycles. The predicted molar refractivity (Wildman–Crippen MR) is 84.3 cm³/mol. The number of amides is 2. The third-order valence-corrected chi connectivity index (χ3v) is 4.66. The highest BCUT2D eigenvalue weighted by atomic mass is 19.4. The van der Waals surface area contributed by atoms with E-state index in [2.05, 4.69) is 5.32 Å². The number of halogens is 3. The first kappa shape index (κ1) is 18.0. The number of benzene rings is 1. The van der Waals surface area contributed by atoms with Crippen molar-refractivity contribution >= 4 is 6.03 Å². The quantitative estimate of drug-likeness (QED) is 0.903. The largest absolute Gasteiger partial charge is 0.397 e. The molecule has 2 heterocycles. The third kappa shape index (κ3) is 4.24. The fourth-order valence-electron chi connectivity index (χ4n) is 3.25. The van der Waals surface area contributed by atoms with E-state index in [4.69, 9.17) is 9.47 Å². The van der Waals surface area contributed by atoms with E-state index in [1.54, 1.807) is 18.2 Å². The molecule has 2 atom stereocenters. The smallest absolute Gasteiger partial charge is 0.378 e. The van der Waals surface area contributed by atoms with Crippen LogP contribution in [-0.4, -0.2) is 62.2 Å². The van der Waals surface area contributed by atoms with Crippen molar-refractivity contribution in [3.05, 3.63) is 35.9 Å². The van der Waals surface area contributed by atoms with E-state index in [9.17, 15) is 18.0 Å². The molecule has 2 fully saturated rings. The lowest BCUT2D eigenvalue weighted by atomic mass is 9.98. The normalized spacial score (nSPS) is 25.2. The minimum absolute atomic E-state index is 0.137. The van der Waals surface area contributed by atoms with Gasteiger partial charge in [0.25, 0.3) is 0 Å². The van der Waals surface area contributed by atoms with Crippen LogP contribution in [0.25, 0.3) is 0 Å². The highest BCUT2D eigenvalue weighted by Crippen LogP contribution is 2.34. The summed E-state index contributed by atoms with van der Waals surface area (Å²) in [5.41, 5.74) is -0.378. The van der Waals surface area contributed by atoms with Crippen LogP contribution in [0, 0.1) is 0 Å². The molecule has 0 saturated carbocycles. The lowest BCUT2D eigenvalue weighted by molar-refractivity contribution is -0.149. The molecule has 5 nitrogen and oxygen atoms in total. The van der Waals surface area contributed by atoms with Gasteiger partial charge >= 0.3 is 12.2 Å². The van der Waals surface area contributed by atoms with E-state index in [-0.39, 0.29) is 5.56 Å². The summed E-state index contributed by atoms with van der Waals surface area (Å²) >= 11 is 0. The molecule has 0 radical (unpaired) electrons. The Bertz CT molecular complexity index is 589. The first-order valence-electron chi connectivity index (χ1n) is 8.26. The van der Waals surface area contributed by atoms with Gasteiger partial charge < -0.3 is 19.7 Å². The number of nitrogens with one attached hydrogen (secondary N) is 1. The van der Waals surface area contributed by atoms with Gasteiger partial charge in [0, 0.05) is 26.1 Å². The second kappa shape index (κ2) is 7.21. The zero-order valence-electron chi connectivity index (χ0n) is 13.7. The fraction of sp³-hybridized carbons (Fsp3) is 0.588. The number of nitrogens with zero attached hydrogens (tertiary/aromatic N) is 1. The molecule has 2 amide bonds. The Hall–Kier alpha value is -1.80. The van der Waals surface area contributed by atoms with Crippen molar-refractivity contribution in [3.63, 3.8) is 0 Å². The van der Waals surface area contributed by atoms with Gasteiger partial charge in [0.1, 0.15) is 5.60 Å². The molecule has 25 heavy (non-hydrogen) atoms. The molecule has 3 rings (SSSR count). The lowest BCUT2D eigenvalue weighted by Crippen LogP contribution is -2.56. The van der Waals surface area contributed by atoms with Crippen molar-refractivity contribution in [2.45, 2.75) is 24.1 Å². The summed E-state index contributed by atoms with van der Waals surface area (Å²) in [7, 11) is 0. The van der Waals surface area contributed by atoms with Crippen molar-refractivity contribution in [2.24, 2.45) is 0 Å². The summed E-state index contributed by atoms with van der Waals surface area (Å²) in [5, 5.41) is 2.43. The number of urea groups is 1. The maximum atomic E-state index is 13.3. The summed E-state index contributed by atoms with van der Waals surface area (Å²) in [6, 6.07) is 7.11. The Kier molecular flexibility index (Phi) is 5.19. The monoisotopic (exact) mass is 358 g/mol. The zero-order valence-corrected chi connectivity index (χ0v) is 13.7. The Morgan fingerprint density at radius 1 is 1.28 bits per heavy atom. The summed E-state index contributed by atoms with van der Waals surface area (Å²) in [6.45, 7) is 1.54. The van der Waals surface area contributed by atoms with Gasteiger partial charge in [-0.15, -0.1) is 0 Å². The Labute approximate surface area is 144 Å². The van der Waals surface area contributed by atoms with Gasteiger partial charge in [0.2, 0.25) is 0 Å². The standard InChI is InChI=1S/C17H21F3N2O3/c18-17(19,20)14(13-4-2-1-3-5-13)10-21-15(23)22-7-9-25-16(11-22)6-8-24-12-16/h1-5,14H,6-12H2,(H,21,23). The predicted octanol–water partition coefficient (Wildman–Crippen LogP) is 2.53. The number of morpholine rings is 1. The average Bonchev–Trinajstić information content (AvgIpc) is 3.02. The van der Waals surface area contributed by atoms with Crippen LogP contribution >= 0.6 is 0 Å². The molecule has 8 heteroatoms. The van der Waals surface area contributed by atoms with Crippen molar-refractivity contribution in [1.82, 2.24) is 10.2 Å². The van der Waals surface area contributed by atoms with Crippen LogP contribution in [0.3, 0.4) is 0 Å². The molecular formula is C17H21F3N2O3. The summed E-state index contributed by atoms with van der Waals surface area (Å²) in [4.78, 5) is 13.9. The molecule has 0 aromatic heterocycles. The topological polar surface area (TPSA) is 50.8 Å². The summed E-state index contributed by atoms with van der Waals surface area (Å²) in [5.74, 6) is -1.73. The number of rotatable bonds is 3. The second-order valence-electron chi connectivity index (χ2n) is 6.45. The van der Waals surface area contributed by atoms with E-state index in [1.165, 1.54) is 17.0 Å². The number of hydrogen-bond acceptors (Lipinski definition) is 3. The van der Waals surface area contributed by atoms with Crippen LogP contribution in [0.15, 0.2) is 30.3 Å². The van der Waals surface area contributed by atoms with Crippen LogP contribution in [0.1, 0.15) is 17.9 Å². The third-order valence-electron chi connectivity index (χ3n) is 4.66. The van der Waals surface area contributed by atoms with Crippen molar-refractivity contribution < 1.29 is 27.4 Å². The van der Waals surface area contributed by atoms with Gasteiger partial charge in [-0.05, 0) is 5.56 Å². The van der Waals surface area contributed by atoms with E-state index in [0.717, 1.165) is 0 Å². The van der Waals surface area contributed by atoms with Gasteiger partial charge in [-0.25, -0.2) is 4.79 Å². The molecular weight excluding hydrogens is 337 g/mol. The maximum absolute atomic E-state index is 13.3. The molecule has 0 aliphatic carbocycles. The van der Waals surface area contributed by atoms with Crippen molar-refractivity contribution in [3.8, 4) is 0 Å². The number of ether oxygens (including phenoxy) is 2. The van der Waals surface area contributed by atoms with E-state index in [1.807, 2.05) is 0 Å². The minimum atomic E-state index is -4.43. The van der Waals surface area contributed by atoms with Gasteiger partial charge in [0.15, 0.2) is 0 Å². The zero-order chi connectivity index (χ0) is 17.9. The Morgan fingerprint density at radius 3 is 2.68 bits per heavy atom. The van der Waals surface area contributed by atoms with Gasteiger partial charge in [-0.2, -0.15) is 13.2 Å². The summed E-state index contributed by atoms with van der Waals surface area (Å²) < 4.78 is 51.1. The van der Waals surface area contributed by atoms with Crippen LogP contribution in [-0.2, 0) is 9.47 Å². The Balaban J connectivity index is 1.62. The molecule has 1 aromatic rings. The van der Waals surface area contributed by atoms with E-state index < -0.39 is 30.3 Å². The highest BCUT2D eigenvalue weighted by Gasteiger charge is 2.43. The second-order valence-corrected chi connectivity index (χ2v) is 6.45. The lowest BCUT2D eigenvalue weighted by Gasteiger charge is -2.39. The van der Waals surface area contributed by atoms with Crippen molar-refractivity contribution in [2.75, 3.05) is 39.5 Å². The number of alkyl halides is 3. The molecule has 1 aromatic carbocycles. The van der Waals surface area contributed by atoms with E-state index >= 15 is 0 Å². The van der Waals surface area contributed by atoms with E-state index in [0.29, 0.717) is 39.3 Å². The minimum Gasteiger partial charge on any atom is -0.378 e. The molecule has 0 bridgehead atoms. The number of carbonyl (C=O) groups is 1. The molecule has 138 valence electrons. The van der Waals surface area contributed by atoms with Gasteiger partial charge in [0.05, 0.1) is 25.7 Å². The molecule has 2 saturated heterocycles. The first-order valence-corrected chi connectivity index (χ1v) is 8.26. The maximum Gasteiger partial charge on any atom is 0.397 e. The Morgan fingerprint density at radius 2 is 2.04 bits per heavy atom. The average molecular weight is 358 g/mol. The number of carbonyl (C=O) groups excluding carboxylic acids is 1. The van der Waals surface area contributed by atoms with Crippen LogP contribution in [0.4, 0.5) is 18.0 Å². The first-order chi connectivity index (χ1) is 11.9. The van der Waals surface area contributed by atoms with Crippen LogP contribution < -0.4 is 5.32 Å². The van der Waals surface area contributed by atoms with Gasteiger partial charge in [-0.1, -0.05) is 30.3 Å². The molecule has 1 spiro atoms. The van der Waals surface area contributed by atoms with Crippen molar-refractivity contribution in [1.29, 1.82) is 0 Å². The summed E-state index contributed by atoms with van der Waals surface area (Å²) in [6.07, 6.45) is -3.74. The number of hydrogen-bond donors (Lipinski definition) is 1. The van der Waals surface area contributed by atoms with Crippen LogP contribution in [0.5, 0.6) is 0 Å². The molecule has 1 N–H and O–H groups in total. The highest BCUT2D eigenvalue weighted by molar-refractivity contribution is 5.74. The van der Waals surface area contributed by atoms with Crippen LogP contribution in [0.2, 0.25) is 0 Å².